The summed E-state index contributed by atoms with van der Waals surface area (Å²) in [6, 6.07) is 12.6. The van der Waals surface area contributed by atoms with Crippen LogP contribution in [0.15, 0.2) is 60.9 Å². The second-order valence-electron chi connectivity index (χ2n) is 5.24. The third-order valence-electron chi connectivity index (χ3n) is 3.59. The van der Waals surface area contributed by atoms with E-state index in [4.69, 9.17) is 21.2 Å². The summed E-state index contributed by atoms with van der Waals surface area (Å²) >= 11 is 5.89. The maximum atomic E-state index is 13.5. The third kappa shape index (κ3) is 3.75. The standard InChI is InChI=1S/C19H14ClFN2O3/c1-25-16-5-2-6-17(18(16)12-7-8-15(21)14(20)10-12)26-23-19(24)13-4-3-9-22-11-13/h2-11H,1H3,(H,23,24). The van der Waals surface area contributed by atoms with E-state index in [0.717, 1.165) is 0 Å². The Labute approximate surface area is 154 Å². The van der Waals surface area contributed by atoms with Crippen molar-refractivity contribution in [2.24, 2.45) is 0 Å². The van der Waals surface area contributed by atoms with Crippen molar-refractivity contribution >= 4 is 17.5 Å². The van der Waals surface area contributed by atoms with Gasteiger partial charge in [0.1, 0.15) is 11.6 Å². The van der Waals surface area contributed by atoms with Gasteiger partial charge in [0, 0.05) is 12.4 Å². The van der Waals surface area contributed by atoms with Gasteiger partial charge in [-0.2, -0.15) is 5.48 Å². The number of carbonyl (C=O) groups is 1. The maximum absolute atomic E-state index is 13.5. The molecule has 0 aliphatic heterocycles. The van der Waals surface area contributed by atoms with Crippen LogP contribution in [0.2, 0.25) is 5.02 Å². The molecule has 1 aromatic heterocycles. The first kappa shape index (κ1) is 17.7. The molecule has 0 radical (unpaired) electrons. The summed E-state index contributed by atoms with van der Waals surface area (Å²) in [5.74, 6) is -0.174. The van der Waals surface area contributed by atoms with Crippen LogP contribution < -0.4 is 15.1 Å². The van der Waals surface area contributed by atoms with Gasteiger partial charge in [0.15, 0.2) is 5.75 Å². The fourth-order valence-electron chi connectivity index (χ4n) is 2.36. The summed E-state index contributed by atoms with van der Waals surface area (Å²) in [5.41, 5.74) is 3.82. The average molecular weight is 373 g/mol. The Kier molecular flexibility index (Phi) is 5.34. The lowest BCUT2D eigenvalue weighted by molar-refractivity contribution is 0.0760. The first-order valence-electron chi connectivity index (χ1n) is 7.60. The SMILES string of the molecule is COc1cccc(ONC(=O)c2cccnc2)c1-c1ccc(F)c(Cl)c1. The Morgan fingerprint density at radius 3 is 2.65 bits per heavy atom. The van der Waals surface area contributed by atoms with Crippen molar-refractivity contribution in [3.05, 3.63) is 77.3 Å². The summed E-state index contributed by atoms with van der Waals surface area (Å²) < 4.78 is 18.8. The minimum absolute atomic E-state index is 0.0289. The normalized spacial score (nSPS) is 10.3. The molecule has 0 saturated carbocycles. The average Bonchev–Trinajstić information content (AvgIpc) is 2.68. The van der Waals surface area contributed by atoms with Crippen LogP contribution in [0.25, 0.3) is 11.1 Å². The molecule has 26 heavy (non-hydrogen) atoms. The molecule has 2 aromatic carbocycles. The summed E-state index contributed by atoms with van der Waals surface area (Å²) in [5, 5.41) is -0.0289. The predicted octanol–water partition coefficient (Wildman–Crippen LogP) is 4.27. The fraction of sp³-hybridized carbons (Fsp3) is 0.0526. The van der Waals surface area contributed by atoms with Crippen LogP contribution in [0.3, 0.4) is 0 Å². The molecule has 0 fully saturated rings. The highest BCUT2D eigenvalue weighted by atomic mass is 35.5. The van der Waals surface area contributed by atoms with E-state index in [-0.39, 0.29) is 5.02 Å². The molecule has 5 nitrogen and oxygen atoms in total. The van der Waals surface area contributed by atoms with Gasteiger partial charge >= 0.3 is 0 Å². The number of hydrogen-bond acceptors (Lipinski definition) is 4. The summed E-state index contributed by atoms with van der Waals surface area (Å²) in [6.07, 6.45) is 2.99. The van der Waals surface area contributed by atoms with E-state index in [9.17, 15) is 9.18 Å². The number of carbonyl (C=O) groups excluding carboxylic acids is 1. The number of methoxy groups -OCH3 is 1. The molecule has 7 heteroatoms. The number of pyridine rings is 1. The van der Waals surface area contributed by atoms with Gasteiger partial charge in [-0.1, -0.05) is 23.7 Å². The fourth-order valence-corrected chi connectivity index (χ4v) is 2.54. The van der Waals surface area contributed by atoms with Crippen LogP contribution >= 0.6 is 11.6 Å². The summed E-state index contributed by atoms with van der Waals surface area (Å²) in [4.78, 5) is 21.5. The highest BCUT2D eigenvalue weighted by Crippen LogP contribution is 2.39. The minimum Gasteiger partial charge on any atom is -0.496 e. The van der Waals surface area contributed by atoms with Crippen molar-refractivity contribution in [3.8, 4) is 22.6 Å². The number of halogens is 2. The molecule has 0 spiro atoms. The van der Waals surface area contributed by atoms with Crippen LogP contribution in [0.1, 0.15) is 10.4 Å². The molecule has 0 saturated heterocycles. The quantitative estimate of drug-likeness (QED) is 0.679. The van der Waals surface area contributed by atoms with Crippen molar-refractivity contribution in [1.29, 1.82) is 0 Å². The lowest BCUT2D eigenvalue weighted by atomic mass is 10.0. The molecule has 1 N–H and O–H groups in total. The number of ether oxygens (including phenoxy) is 1. The first-order valence-corrected chi connectivity index (χ1v) is 7.97. The second-order valence-corrected chi connectivity index (χ2v) is 5.64. The van der Waals surface area contributed by atoms with E-state index >= 15 is 0 Å². The van der Waals surface area contributed by atoms with Crippen molar-refractivity contribution in [1.82, 2.24) is 10.5 Å². The Bertz CT molecular complexity index is 935. The van der Waals surface area contributed by atoms with Crippen LogP contribution in [0.5, 0.6) is 11.5 Å². The number of hydroxylamine groups is 1. The summed E-state index contributed by atoms with van der Waals surface area (Å²) in [6.45, 7) is 0. The van der Waals surface area contributed by atoms with E-state index in [1.54, 1.807) is 42.6 Å². The van der Waals surface area contributed by atoms with Gasteiger partial charge in [-0.15, -0.1) is 0 Å². The van der Waals surface area contributed by atoms with Crippen molar-refractivity contribution in [2.75, 3.05) is 7.11 Å². The zero-order valence-corrected chi connectivity index (χ0v) is 14.5. The molecule has 0 aliphatic rings. The lowest BCUT2D eigenvalue weighted by Gasteiger charge is -2.15. The lowest BCUT2D eigenvalue weighted by Crippen LogP contribution is -2.27. The van der Waals surface area contributed by atoms with Gasteiger partial charge in [0.25, 0.3) is 5.91 Å². The van der Waals surface area contributed by atoms with Crippen LogP contribution in [0.4, 0.5) is 4.39 Å². The van der Waals surface area contributed by atoms with Crippen molar-refractivity contribution in [2.45, 2.75) is 0 Å². The van der Waals surface area contributed by atoms with E-state index < -0.39 is 11.7 Å². The van der Waals surface area contributed by atoms with Gasteiger partial charge in [-0.3, -0.25) is 9.78 Å². The molecular formula is C19H14ClFN2O3. The number of hydrogen-bond donors (Lipinski definition) is 1. The highest BCUT2D eigenvalue weighted by molar-refractivity contribution is 6.31. The smallest absolute Gasteiger partial charge is 0.285 e. The molecule has 3 aromatic rings. The van der Waals surface area contributed by atoms with E-state index in [2.05, 4.69) is 10.5 Å². The number of benzene rings is 2. The monoisotopic (exact) mass is 372 g/mol. The third-order valence-corrected chi connectivity index (χ3v) is 3.88. The molecule has 0 aliphatic carbocycles. The van der Waals surface area contributed by atoms with Crippen molar-refractivity contribution < 1.29 is 18.8 Å². The van der Waals surface area contributed by atoms with E-state index in [0.29, 0.717) is 28.2 Å². The Hall–Kier alpha value is -3.12. The Morgan fingerprint density at radius 2 is 1.96 bits per heavy atom. The van der Waals surface area contributed by atoms with Crippen LogP contribution in [-0.4, -0.2) is 18.0 Å². The molecule has 132 valence electrons. The van der Waals surface area contributed by atoms with Gasteiger partial charge in [0.2, 0.25) is 0 Å². The molecule has 3 rings (SSSR count). The van der Waals surface area contributed by atoms with Gasteiger partial charge < -0.3 is 9.57 Å². The van der Waals surface area contributed by atoms with Crippen molar-refractivity contribution in [3.63, 3.8) is 0 Å². The zero-order valence-electron chi connectivity index (χ0n) is 13.7. The molecule has 0 unspecified atom stereocenters. The minimum atomic E-state index is -0.530. The zero-order chi connectivity index (χ0) is 18.5. The molecule has 1 amide bonds. The molecule has 1 heterocycles. The Balaban J connectivity index is 1.92. The van der Waals surface area contributed by atoms with E-state index in [1.807, 2.05) is 0 Å². The maximum Gasteiger partial charge on any atom is 0.285 e. The van der Waals surface area contributed by atoms with E-state index in [1.165, 1.54) is 25.4 Å². The molecule has 0 bridgehead atoms. The number of nitrogens with zero attached hydrogens (tertiary/aromatic N) is 1. The molecule has 0 atom stereocenters. The van der Waals surface area contributed by atoms with Crippen LogP contribution in [0, 0.1) is 5.82 Å². The number of aromatic nitrogens is 1. The number of amides is 1. The number of nitrogens with one attached hydrogen (secondary N) is 1. The summed E-state index contributed by atoms with van der Waals surface area (Å²) in [7, 11) is 1.50. The van der Waals surface area contributed by atoms with Gasteiger partial charge in [-0.05, 0) is 42.0 Å². The second kappa shape index (κ2) is 7.84. The Morgan fingerprint density at radius 1 is 1.15 bits per heavy atom. The number of rotatable bonds is 5. The largest absolute Gasteiger partial charge is 0.496 e. The predicted molar refractivity (Wildman–Crippen MR) is 95.7 cm³/mol. The highest BCUT2D eigenvalue weighted by Gasteiger charge is 2.16. The van der Waals surface area contributed by atoms with Gasteiger partial charge in [0.05, 0.1) is 23.3 Å². The molecular weight excluding hydrogens is 359 g/mol. The van der Waals surface area contributed by atoms with Gasteiger partial charge in [-0.25, -0.2) is 4.39 Å². The van der Waals surface area contributed by atoms with Crippen LogP contribution in [-0.2, 0) is 0 Å². The topological polar surface area (TPSA) is 60.5 Å². The first-order chi connectivity index (χ1) is 12.6.